The second-order valence-corrected chi connectivity index (χ2v) is 8.77. The molecule has 0 spiro atoms. The molecule has 1 aromatic heterocycles. The Morgan fingerprint density at radius 1 is 1.09 bits per heavy atom. The highest BCUT2D eigenvalue weighted by Gasteiger charge is 2.25. The molecular formula is C26H24N2O3S. The first-order chi connectivity index (χ1) is 15.3. The number of nitrogens with one attached hydrogen (secondary N) is 1. The summed E-state index contributed by atoms with van der Waals surface area (Å²) in [5.74, 6) is -0.730. The third-order valence-electron chi connectivity index (χ3n) is 5.04. The molecule has 2 aromatic carbocycles. The summed E-state index contributed by atoms with van der Waals surface area (Å²) >= 11 is 1.28. The van der Waals surface area contributed by atoms with Gasteiger partial charge in [-0.3, -0.25) is 4.79 Å². The topological polar surface area (TPSA) is 79.2 Å². The number of methoxy groups -OCH3 is 1. The molecule has 6 heteroatoms. The Morgan fingerprint density at radius 2 is 1.75 bits per heavy atom. The average molecular weight is 445 g/mol. The average Bonchev–Trinajstić information content (AvgIpc) is 3.13. The molecular weight excluding hydrogens is 420 g/mol. The highest BCUT2D eigenvalue weighted by Crippen LogP contribution is 2.40. The van der Waals surface area contributed by atoms with Gasteiger partial charge in [-0.05, 0) is 35.6 Å². The summed E-state index contributed by atoms with van der Waals surface area (Å²) in [6, 6.07) is 19.1. The smallest absolute Gasteiger partial charge is 0.341 e. The highest BCUT2D eigenvalue weighted by atomic mass is 32.1. The van der Waals surface area contributed by atoms with Gasteiger partial charge in [0.2, 0.25) is 0 Å². The van der Waals surface area contributed by atoms with Crippen LogP contribution in [0.2, 0.25) is 0 Å². The number of carbonyl (C=O) groups excluding carboxylic acids is 2. The van der Waals surface area contributed by atoms with Crippen LogP contribution in [0.4, 0.5) is 5.00 Å². The molecule has 0 saturated heterocycles. The van der Waals surface area contributed by atoms with E-state index in [1.807, 2.05) is 67.6 Å². The number of amides is 1. The van der Waals surface area contributed by atoms with Crippen LogP contribution in [0, 0.1) is 18.3 Å². The van der Waals surface area contributed by atoms with Gasteiger partial charge >= 0.3 is 5.97 Å². The number of nitrogens with zero attached hydrogens (tertiary/aromatic N) is 1. The van der Waals surface area contributed by atoms with Crippen molar-refractivity contribution < 1.29 is 14.3 Å². The maximum Gasteiger partial charge on any atom is 0.341 e. The number of esters is 1. The fraction of sp³-hybridized carbons (Fsp3) is 0.192. The molecule has 1 heterocycles. The van der Waals surface area contributed by atoms with E-state index in [9.17, 15) is 14.9 Å². The summed E-state index contributed by atoms with van der Waals surface area (Å²) in [6.45, 7) is 6.08. The van der Waals surface area contributed by atoms with Crippen LogP contribution < -0.4 is 5.32 Å². The van der Waals surface area contributed by atoms with Gasteiger partial charge in [-0.2, -0.15) is 5.26 Å². The summed E-state index contributed by atoms with van der Waals surface area (Å²) in [5, 5.41) is 12.7. The molecule has 0 bridgehead atoms. The number of ether oxygens (including phenoxy) is 1. The van der Waals surface area contributed by atoms with E-state index in [0.29, 0.717) is 16.5 Å². The van der Waals surface area contributed by atoms with E-state index >= 15 is 0 Å². The van der Waals surface area contributed by atoms with Crippen molar-refractivity contribution in [2.45, 2.75) is 26.7 Å². The molecule has 5 nitrogen and oxygen atoms in total. The molecule has 0 radical (unpaired) electrons. The predicted octanol–water partition coefficient (Wildman–Crippen LogP) is 6.18. The third kappa shape index (κ3) is 4.96. The molecule has 0 aliphatic rings. The van der Waals surface area contributed by atoms with Crippen LogP contribution in [-0.4, -0.2) is 19.0 Å². The molecule has 0 aliphatic carbocycles. The quantitative estimate of drug-likeness (QED) is 0.280. The summed E-state index contributed by atoms with van der Waals surface area (Å²) < 4.78 is 4.98. The second kappa shape index (κ2) is 10.1. The first-order valence-electron chi connectivity index (χ1n) is 10.2. The first-order valence-corrected chi connectivity index (χ1v) is 11.0. The molecule has 0 aliphatic heterocycles. The van der Waals surface area contributed by atoms with Crippen LogP contribution in [0.5, 0.6) is 0 Å². The maximum atomic E-state index is 12.9. The van der Waals surface area contributed by atoms with E-state index in [1.165, 1.54) is 30.1 Å². The maximum absolute atomic E-state index is 12.9. The molecule has 0 unspecified atom stereocenters. The molecule has 1 N–H and O–H groups in total. The van der Waals surface area contributed by atoms with Gasteiger partial charge in [0, 0.05) is 10.4 Å². The Hall–Kier alpha value is -3.69. The lowest BCUT2D eigenvalue weighted by Crippen LogP contribution is -2.15. The molecule has 1 amide bonds. The van der Waals surface area contributed by atoms with Crippen molar-refractivity contribution in [3.63, 3.8) is 0 Å². The monoisotopic (exact) mass is 444 g/mol. The standard InChI is InChI=1S/C26H24N2O3S/c1-16(2)19-12-10-18(11-13-19)14-21(15-27)24(29)28-25-23(26(30)31-4)22(17(3)32-25)20-8-6-5-7-9-20/h5-14,16H,1-4H3,(H,28,29). The van der Waals surface area contributed by atoms with Crippen LogP contribution >= 0.6 is 11.3 Å². The molecule has 0 atom stereocenters. The number of aryl methyl sites for hydroxylation is 1. The Morgan fingerprint density at radius 3 is 2.31 bits per heavy atom. The summed E-state index contributed by atoms with van der Waals surface area (Å²) in [4.78, 5) is 26.3. The molecule has 162 valence electrons. The van der Waals surface area contributed by atoms with Crippen LogP contribution in [0.15, 0.2) is 60.2 Å². The largest absolute Gasteiger partial charge is 0.465 e. The lowest BCUT2D eigenvalue weighted by molar-refractivity contribution is -0.112. The van der Waals surface area contributed by atoms with E-state index < -0.39 is 11.9 Å². The van der Waals surface area contributed by atoms with Gasteiger partial charge in [-0.25, -0.2) is 4.79 Å². The Bertz CT molecular complexity index is 1200. The number of hydrogen-bond donors (Lipinski definition) is 1. The van der Waals surface area contributed by atoms with Crippen LogP contribution in [0.25, 0.3) is 17.2 Å². The zero-order valence-corrected chi connectivity index (χ0v) is 19.2. The highest BCUT2D eigenvalue weighted by molar-refractivity contribution is 7.17. The predicted molar refractivity (Wildman–Crippen MR) is 129 cm³/mol. The number of nitriles is 1. The number of benzene rings is 2. The minimum Gasteiger partial charge on any atom is -0.465 e. The number of carbonyl (C=O) groups is 2. The Kier molecular flexibility index (Phi) is 7.24. The molecule has 0 saturated carbocycles. The third-order valence-corrected chi connectivity index (χ3v) is 6.06. The normalized spacial score (nSPS) is 11.2. The Balaban J connectivity index is 1.96. The van der Waals surface area contributed by atoms with Crippen molar-refractivity contribution in [1.82, 2.24) is 0 Å². The lowest BCUT2D eigenvalue weighted by atomic mass is 10.0. The minimum atomic E-state index is -0.577. The molecule has 3 aromatic rings. The van der Waals surface area contributed by atoms with Gasteiger partial charge in [0.15, 0.2) is 0 Å². The van der Waals surface area contributed by atoms with E-state index in [4.69, 9.17) is 4.74 Å². The van der Waals surface area contributed by atoms with E-state index in [1.54, 1.807) is 0 Å². The second-order valence-electron chi connectivity index (χ2n) is 7.54. The van der Waals surface area contributed by atoms with Crippen LogP contribution in [0.3, 0.4) is 0 Å². The van der Waals surface area contributed by atoms with Crippen molar-refractivity contribution in [1.29, 1.82) is 5.26 Å². The van der Waals surface area contributed by atoms with Gasteiger partial charge in [0.25, 0.3) is 5.91 Å². The van der Waals surface area contributed by atoms with Crippen molar-refractivity contribution in [2.75, 3.05) is 12.4 Å². The van der Waals surface area contributed by atoms with Crippen molar-refractivity contribution in [2.24, 2.45) is 0 Å². The van der Waals surface area contributed by atoms with Crippen molar-refractivity contribution in [3.05, 3.63) is 81.7 Å². The summed E-state index contributed by atoms with van der Waals surface area (Å²) in [7, 11) is 1.30. The SMILES string of the molecule is COC(=O)c1c(NC(=O)C(C#N)=Cc2ccc(C(C)C)cc2)sc(C)c1-c1ccccc1. The minimum absolute atomic E-state index is 0.0505. The van der Waals surface area contributed by atoms with Crippen LogP contribution in [0.1, 0.15) is 46.1 Å². The van der Waals surface area contributed by atoms with Crippen LogP contribution in [-0.2, 0) is 9.53 Å². The van der Waals surface area contributed by atoms with E-state index in [-0.39, 0.29) is 11.1 Å². The fourth-order valence-electron chi connectivity index (χ4n) is 3.34. The summed E-state index contributed by atoms with van der Waals surface area (Å²) in [6.07, 6.45) is 1.54. The zero-order valence-electron chi connectivity index (χ0n) is 18.4. The van der Waals surface area contributed by atoms with Crippen molar-refractivity contribution >= 4 is 34.3 Å². The first kappa shape index (κ1) is 23.0. The number of thiophene rings is 1. The molecule has 3 rings (SSSR count). The summed E-state index contributed by atoms with van der Waals surface area (Å²) in [5.41, 5.74) is 3.73. The van der Waals surface area contributed by atoms with Gasteiger partial charge < -0.3 is 10.1 Å². The molecule has 32 heavy (non-hydrogen) atoms. The van der Waals surface area contributed by atoms with Gasteiger partial charge in [-0.1, -0.05) is 68.4 Å². The zero-order chi connectivity index (χ0) is 23.3. The van der Waals surface area contributed by atoms with Gasteiger partial charge in [0.1, 0.15) is 22.2 Å². The van der Waals surface area contributed by atoms with Gasteiger partial charge in [0.05, 0.1) is 7.11 Å². The number of rotatable bonds is 6. The lowest BCUT2D eigenvalue weighted by Gasteiger charge is -2.08. The molecule has 0 fully saturated rings. The van der Waals surface area contributed by atoms with E-state index in [2.05, 4.69) is 19.2 Å². The fourth-order valence-corrected chi connectivity index (χ4v) is 4.40. The number of anilines is 1. The van der Waals surface area contributed by atoms with Crippen molar-refractivity contribution in [3.8, 4) is 17.2 Å². The Labute approximate surface area is 192 Å². The van der Waals surface area contributed by atoms with Gasteiger partial charge in [-0.15, -0.1) is 11.3 Å². The van der Waals surface area contributed by atoms with E-state index in [0.717, 1.165) is 16.0 Å². The number of hydrogen-bond acceptors (Lipinski definition) is 5.